The van der Waals surface area contributed by atoms with Crippen LogP contribution in [0, 0.1) is 0 Å². The molecule has 3 aromatic rings. The Morgan fingerprint density at radius 3 is 2.50 bits per heavy atom. The summed E-state index contributed by atoms with van der Waals surface area (Å²) < 4.78 is 25.6. The molecule has 2 aromatic heterocycles. The maximum Gasteiger partial charge on any atom is 0.277 e. The SMILES string of the molecule is CN(C)S(=O)(=O)c1ccc(-c2csc(NC(=O)c3nc(N4CCCC4)ncc3Cl)n2)cc1. The van der Waals surface area contributed by atoms with E-state index in [0.717, 1.165) is 35.8 Å². The van der Waals surface area contributed by atoms with Gasteiger partial charge in [-0.05, 0) is 25.0 Å². The fraction of sp³-hybridized carbons (Fsp3) is 0.300. The lowest BCUT2D eigenvalue weighted by Gasteiger charge is -2.15. The fourth-order valence-electron chi connectivity index (χ4n) is 3.22. The number of sulfonamides is 1. The normalized spacial score (nSPS) is 14.2. The number of amides is 1. The third-order valence-corrected chi connectivity index (χ3v) is 7.85. The lowest BCUT2D eigenvalue weighted by molar-refractivity contribution is 0.102. The van der Waals surface area contributed by atoms with Crippen LogP contribution in [0.3, 0.4) is 0 Å². The van der Waals surface area contributed by atoms with E-state index in [4.69, 9.17) is 11.6 Å². The molecule has 0 atom stereocenters. The van der Waals surface area contributed by atoms with E-state index < -0.39 is 15.9 Å². The molecule has 1 aliphatic heterocycles. The zero-order valence-electron chi connectivity index (χ0n) is 17.4. The second-order valence-corrected chi connectivity index (χ2v) is 10.8. The predicted octanol–water partition coefficient (Wildman–Crippen LogP) is 3.36. The number of halogens is 1. The van der Waals surface area contributed by atoms with Gasteiger partial charge in [-0.25, -0.2) is 27.7 Å². The molecule has 0 spiro atoms. The van der Waals surface area contributed by atoms with Gasteiger partial charge in [0.05, 0.1) is 21.8 Å². The van der Waals surface area contributed by atoms with Crippen molar-refractivity contribution in [1.82, 2.24) is 19.3 Å². The Morgan fingerprint density at radius 1 is 1.16 bits per heavy atom. The third kappa shape index (κ3) is 4.60. The van der Waals surface area contributed by atoms with Gasteiger partial charge in [0.25, 0.3) is 5.91 Å². The highest BCUT2D eigenvalue weighted by Gasteiger charge is 2.21. The van der Waals surface area contributed by atoms with Gasteiger partial charge in [0.2, 0.25) is 16.0 Å². The highest BCUT2D eigenvalue weighted by molar-refractivity contribution is 7.89. The Morgan fingerprint density at radius 2 is 1.84 bits per heavy atom. The summed E-state index contributed by atoms with van der Waals surface area (Å²) in [4.78, 5) is 28.0. The predicted molar refractivity (Wildman–Crippen MR) is 125 cm³/mol. The summed E-state index contributed by atoms with van der Waals surface area (Å²) in [6, 6.07) is 6.42. The number of hydrogen-bond acceptors (Lipinski definition) is 8. The summed E-state index contributed by atoms with van der Waals surface area (Å²) in [5.74, 6) is 0.0239. The first-order chi connectivity index (χ1) is 15.3. The Bertz CT molecular complexity index is 1240. The van der Waals surface area contributed by atoms with E-state index in [9.17, 15) is 13.2 Å². The number of thiazole rings is 1. The minimum Gasteiger partial charge on any atom is -0.341 e. The first-order valence-electron chi connectivity index (χ1n) is 9.83. The lowest BCUT2D eigenvalue weighted by Crippen LogP contribution is -2.23. The summed E-state index contributed by atoms with van der Waals surface area (Å²) in [7, 11) is -0.535. The monoisotopic (exact) mass is 492 g/mol. The Balaban J connectivity index is 1.50. The largest absolute Gasteiger partial charge is 0.341 e. The maximum atomic E-state index is 12.8. The Hall–Kier alpha value is -2.60. The van der Waals surface area contributed by atoms with Crippen LogP contribution in [-0.4, -0.2) is 60.8 Å². The molecule has 32 heavy (non-hydrogen) atoms. The van der Waals surface area contributed by atoms with Gasteiger partial charge in [-0.15, -0.1) is 11.3 Å². The number of benzene rings is 1. The average Bonchev–Trinajstić information content (AvgIpc) is 3.46. The lowest BCUT2D eigenvalue weighted by atomic mass is 10.2. The van der Waals surface area contributed by atoms with Crippen molar-refractivity contribution in [3.63, 3.8) is 0 Å². The Kier molecular flexibility index (Phi) is 6.42. The topological polar surface area (TPSA) is 108 Å². The van der Waals surface area contributed by atoms with Crippen LogP contribution in [0.1, 0.15) is 23.3 Å². The van der Waals surface area contributed by atoms with Crippen LogP contribution < -0.4 is 10.2 Å². The number of rotatable bonds is 6. The summed E-state index contributed by atoms with van der Waals surface area (Å²) in [6.45, 7) is 1.71. The van der Waals surface area contributed by atoms with E-state index in [1.165, 1.54) is 43.8 Å². The van der Waals surface area contributed by atoms with Crippen LogP contribution in [0.15, 0.2) is 40.7 Å². The molecule has 1 aromatic carbocycles. The number of nitrogens with one attached hydrogen (secondary N) is 1. The average molecular weight is 493 g/mol. The van der Waals surface area contributed by atoms with E-state index >= 15 is 0 Å². The van der Waals surface area contributed by atoms with Gasteiger partial charge < -0.3 is 4.90 Å². The van der Waals surface area contributed by atoms with Gasteiger partial charge in [0.15, 0.2) is 10.8 Å². The van der Waals surface area contributed by atoms with E-state index in [1.54, 1.807) is 17.5 Å². The van der Waals surface area contributed by atoms with Crippen molar-refractivity contribution >= 4 is 49.9 Å². The van der Waals surface area contributed by atoms with Crippen LogP contribution in [-0.2, 0) is 10.0 Å². The first kappa shape index (κ1) is 22.6. The molecule has 0 unspecified atom stereocenters. The van der Waals surface area contributed by atoms with Crippen molar-refractivity contribution in [3.05, 3.63) is 46.6 Å². The van der Waals surface area contributed by atoms with Gasteiger partial charge in [-0.2, -0.15) is 0 Å². The zero-order chi connectivity index (χ0) is 22.9. The van der Waals surface area contributed by atoms with Gasteiger partial charge in [-0.1, -0.05) is 23.7 Å². The van der Waals surface area contributed by atoms with E-state index in [2.05, 4.69) is 20.3 Å². The fourth-order valence-corrected chi connectivity index (χ4v) is 5.01. The molecule has 4 rings (SSSR count). The minimum absolute atomic E-state index is 0.0959. The summed E-state index contributed by atoms with van der Waals surface area (Å²) >= 11 is 7.42. The van der Waals surface area contributed by atoms with E-state index in [-0.39, 0.29) is 15.6 Å². The number of carbonyl (C=O) groups excluding carboxylic acids is 1. The minimum atomic E-state index is -3.50. The molecule has 1 aliphatic rings. The second kappa shape index (κ2) is 9.10. The van der Waals surface area contributed by atoms with Gasteiger partial charge in [0.1, 0.15) is 0 Å². The molecule has 0 aliphatic carbocycles. The summed E-state index contributed by atoms with van der Waals surface area (Å²) in [6.07, 6.45) is 3.57. The standard InChI is InChI=1S/C20H21ClN6O3S2/c1-26(2)32(29,30)14-7-5-13(6-8-14)16-12-31-20(23-16)25-18(28)17-15(21)11-22-19(24-17)27-9-3-4-10-27/h5-8,11-12H,3-4,9-10H2,1-2H3,(H,23,25,28). The van der Waals surface area contributed by atoms with Crippen LogP contribution in [0.25, 0.3) is 11.3 Å². The Labute approximate surface area is 195 Å². The van der Waals surface area contributed by atoms with Crippen molar-refractivity contribution < 1.29 is 13.2 Å². The molecule has 1 N–H and O–H groups in total. The van der Waals surface area contributed by atoms with Gasteiger partial charge >= 0.3 is 0 Å². The van der Waals surface area contributed by atoms with Crippen LogP contribution in [0.2, 0.25) is 5.02 Å². The molecular weight excluding hydrogens is 472 g/mol. The highest BCUT2D eigenvalue weighted by atomic mass is 35.5. The van der Waals surface area contributed by atoms with E-state index in [0.29, 0.717) is 16.8 Å². The molecular formula is C20H21ClN6O3S2. The molecule has 168 valence electrons. The zero-order valence-corrected chi connectivity index (χ0v) is 19.8. The molecule has 0 radical (unpaired) electrons. The molecule has 3 heterocycles. The highest BCUT2D eigenvalue weighted by Crippen LogP contribution is 2.27. The smallest absolute Gasteiger partial charge is 0.277 e. The second-order valence-electron chi connectivity index (χ2n) is 7.36. The van der Waals surface area contributed by atoms with Crippen LogP contribution >= 0.6 is 22.9 Å². The van der Waals surface area contributed by atoms with Crippen molar-refractivity contribution in [2.75, 3.05) is 37.4 Å². The van der Waals surface area contributed by atoms with Crippen molar-refractivity contribution in [1.29, 1.82) is 0 Å². The number of nitrogens with zero attached hydrogens (tertiary/aromatic N) is 5. The van der Waals surface area contributed by atoms with Crippen molar-refractivity contribution in [3.8, 4) is 11.3 Å². The molecule has 1 amide bonds. The molecule has 0 saturated carbocycles. The summed E-state index contributed by atoms with van der Waals surface area (Å²) in [5, 5.41) is 5.06. The number of aromatic nitrogens is 3. The molecule has 1 fully saturated rings. The molecule has 12 heteroatoms. The number of anilines is 2. The molecule has 0 bridgehead atoms. The number of hydrogen-bond donors (Lipinski definition) is 1. The van der Waals surface area contributed by atoms with Crippen molar-refractivity contribution in [2.45, 2.75) is 17.7 Å². The van der Waals surface area contributed by atoms with Gasteiger partial charge in [0, 0.05) is 38.1 Å². The van der Waals surface area contributed by atoms with E-state index in [1.807, 2.05) is 4.90 Å². The summed E-state index contributed by atoms with van der Waals surface area (Å²) in [5.41, 5.74) is 1.44. The molecule has 9 nitrogen and oxygen atoms in total. The third-order valence-electron chi connectivity index (χ3n) is 4.99. The maximum absolute atomic E-state index is 12.8. The quantitative estimate of drug-likeness (QED) is 0.562. The number of carbonyl (C=O) groups is 1. The first-order valence-corrected chi connectivity index (χ1v) is 12.5. The van der Waals surface area contributed by atoms with Crippen LogP contribution in [0.4, 0.5) is 11.1 Å². The van der Waals surface area contributed by atoms with Crippen molar-refractivity contribution in [2.24, 2.45) is 0 Å². The molecule has 1 saturated heterocycles. The van der Waals surface area contributed by atoms with Gasteiger partial charge in [-0.3, -0.25) is 10.1 Å². The van der Waals surface area contributed by atoms with Crippen LogP contribution in [0.5, 0.6) is 0 Å².